The summed E-state index contributed by atoms with van der Waals surface area (Å²) in [5.74, 6) is -0.0428. The number of carbonyl (C=O) groups excluding carboxylic acids is 1. The Labute approximate surface area is 98.8 Å². The molecule has 0 atom stereocenters. The summed E-state index contributed by atoms with van der Waals surface area (Å²) in [6, 6.07) is 0. The van der Waals surface area contributed by atoms with Gasteiger partial charge in [0.15, 0.2) is 0 Å². The lowest BCUT2D eigenvalue weighted by molar-refractivity contribution is 0.0946. The number of carbonyl (C=O) groups is 1. The maximum atomic E-state index is 11.9. The molecule has 0 saturated carbocycles. The van der Waals surface area contributed by atoms with E-state index < -0.39 is 0 Å². The SMILES string of the molecule is CCCNC(=O)c1c(N)sc2c1CCOC2. The van der Waals surface area contributed by atoms with Crippen molar-refractivity contribution in [2.75, 3.05) is 18.9 Å². The molecule has 0 saturated heterocycles. The van der Waals surface area contributed by atoms with E-state index in [1.54, 1.807) is 0 Å². The van der Waals surface area contributed by atoms with Crippen molar-refractivity contribution in [3.8, 4) is 0 Å². The fraction of sp³-hybridized carbons (Fsp3) is 0.545. The Morgan fingerprint density at radius 1 is 1.62 bits per heavy atom. The second-order valence-electron chi connectivity index (χ2n) is 3.80. The molecule has 5 heteroatoms. The molecule has 0 radical (unpaired) electrons. The number of fused-ring (bicyclic) bond motifs is 1. The van der Waals surface area contributed by atoms with Gasteiger partial charge in [-0.3, -0.25) is 4.79 Å². The van der Waals surface area contributed by atoms with E-state index in [0.29, 0.717) is 30.3 Å². The summed E-state index contributed by atoms with van der Waals surface area (Å²) >= 11 is 1.47. The summed E-state index contributed by atoms with van der Waals surface area (Å²) in [7, 11) is 0. The number of nitrogens with two attached hydrogens (primary N) is 1. The summed E-state index contributed by atoms with van der Waals surface area (Å²) in [6.07, 6.45) is 1.72. The van der Waals surface area contributed by atoms with Crippen LogP contribution in [0, 0.1) is 0 Å². The van der Waals surface area contributed by atoms with Gasteiger partial charge in [0.05, 0.1) is 23.8 Å². The fourth-order valence-corrected chi connectivity index (χ4v) is 2.88. The maximum Gasteiger partial charge on any atom is 0.254 e. The van der Waals surface area contributed by atoms with Crippen molar-refractivity contribution in [2.24, 2.45) is 0 Å². The monoisotopic (exact) mass is 240 g/mol. The molecular weight excluding hydrogens is 224 g/mol. The Hall–Kier alpha value is -1.07. The molecule has 0 aliphatic carbocycles. The van der Waals surface area contributed by atoms with E-state index in [0.717, 1.165) is 23.3 Å². The van der Waals surface area contributed by atoms with Crippen LogP contribution in [-0.2, 0) is 17.8 Å². The lowest BCUT2D eigenvalue weighted by Gasteiger charge is -2.13. The lowest BCUT2D eigenvalue weighted by Crippen LogP contribution is -2.26. The van der Waals surface area contributed by atoms with Gasteiger partial charge in [0.25, 0.3) is 5.91 Å². The number of hydrogen-bond donors (Lipinski definition) is 2. The van der Waals surface area contributed by atoms with Crippen LogP contribution in [-0.4, -0.2) is 19.1 Å². The van der Waals surface area contributed by atoms with Crippen molar-refractivity contribution in [1.29, 1.82) is 0 Å². The van der Waals surface area contributed by atoms with Crippen LogP contribution in [0.4, 0.5) is 5.00 Å². The molecule has 0 fully saturated rings. The van der Waals surface area contributed by atoms with Crippen LogP contribution in [0.25, 0.3) is 0 Å². The van der Waals surface area contributed by atoms with Crippen LogP contribution >= 0.6 is 11.3 Å². The third kappa shape index (κ3) is 2.05. The number of thiophene rings is 1. The second kappa shape index (κ2) is 4.84. The third-order valence-corrected chi connectivity index (χ3v) is 3.64. The largest absolute Gasteiger partial charge is 0.390 e. The van der Waals surface area contributed by atoms with Gasteiger partial charge in [0, 0.05) is 11.4 Å². The molecule has 0 bridgehead atoms. The van der Waals surface area contributed by atoms with Crippen LogP contribution in [0.1, 0.15) is 34.1 Å². The zero-order chi connectivity index (χ0) is 11.5. The van der Waals surface area contributed by atoms with Gasteiger partial charge in [0.2, 0.25) is 0 Å². The van der Waals surface area contributed by atoms with Gasteiger partial charge >= 0.3 is 0 Å². The Bertz CT molecular complexity index is 401. The molecule has 16 heavy (non-hydrogen) atoms. The maximum absolute atomic E-state index is 11.9. The smallest absolute Gasteiger partial charge is 0.254 e. The van der Waals surface area contributed by atoms with Crippen molar-refractivity contribution >= 4 is 22.2 Å². The molecule has 2 rings (SSSR count). The first-order valence-electron chi connectivity index (χ1n) is 5.50. The summed E-state index contributed by atoms with van der Waals surface area (Å²) in [6.45, 7) is 3.99. The van der Waals surface area contributed by atoms with E-state index in [9.17, 15) is 4.79 Å². The third-order valence-electron chi connectivity index (χ3n) is 2.61. The summed E-state index contributed by atoms with van der Waals surface area (Å²) < 4.78 is 5.35. The van der Waals surface area contributed by atoms with E-state index in [1.807, 2.05) is 6.92 Å². The van der Waals surface area contributed by atoms with Gasteiger partial charge in [-0.15, -0.1) is 11.3 Å². The zero-order valence-electron chi connectivity index (χ0n) is 9.34. The van der Waals surface area contributed by atoms with E-state index in [2.05, 4.69) is 5.32 Å². The van der Waals surface area contributed by atoms with Crippen LogP contribution < -0.4 is 11.1 Å². The normalized spacial score (nSPS) is 14.6. The average molecular weight is 240 g/mol. The molecule has 1 aromatic rings. The first-order valence-corrected chi connectivity index (χ1v) is 6.31. The van der Waals surface area contributed by atoms with Crippen LogP contribution in [0.2, 0.25) is 0 Å². The van der Waals surface area contributed by atoms with Crippen molar-refractivity contribution in [3.05, 3.63) is 16.0 Å². The van der Waals surface area contributed by atoms with E-state index in [4.69, 9.17) is 10.5 Å². The van der Waals surface area contributed by atoms with Crippen LogP contribution in [0.3, 0.4) is 0 Å². The van der Waals surface area contributed by atoms with Gasteiger partial charge in [-0.1, -0.05) is 6.92 Å². The van der Waals surface area contributed by atoms with Gasteiger partial charge in [-0.2, -0.15) is 0 Å². The molecule has 1 aliphatic heterocycles. The van der Waals surface area contributed by atoms with Crippen molar-refractivity contribution < 1.29 is 9.53 Å². The highest BCUT2D eigenvalue weighted by Crippen LogP contribution is 2.34. The summed E-state index contributed by atoms with van der Waals surface area (Å²) in [5.41, 5.74) is 7.66. The van der Waals surface area contributed by atoms with E-state index in [1.165, 1.54) is 11.3 Å². The quantitative estimate of drug-likeness (QED) is 0.842. The molecule has 0 unspecified atom stereocenters. The first-order chi connectivity index (χ1) is 7.74. The van der Waals surface area contributed by atoms with Gasteiger partial charge in [0.1, 0.15) is 0 Å². The Balaban J connectivity index is 2.25. The highest BCUT2D eigenvalue weighted by molar-refractivity contribution is 7.16. The van der Waals surface area contributed by atoms with Crippen molar-refractivity contribution in [1.82, 2.24) is 5.32 Å². The minimum absolute atomic E-state index is 0.0428. The average Bonchev–Trinajstić information content (AvgIpc) is 2.62. The first kappa shape index (κ1) is 11.4. The predicted molar refractivity (Wildman–Crippen MR) is 64.7 cm³/mol. The van der Waals surface area contributed by atoms with Gasteiger partial charge in [-0.25, -0.2) is 0 Å². The minimum Gasteiger partial charge on any atom is -0.390 e. The zero-order valence-corrected chi connectivity index (χ0v) is 10.2. The molecule has 3 N–H and O–H groups in total. The van der Waals surface area contributed by atoms with Gasteiger partial charge in [-0.05, 0) is 18.4 Å². The molecule has 88 valence electrons. The lowest BCUT2D eigenvalue weighted by atomic mass is 10.1. The molecule has 4 nitrogen and oxygen atoms in total. The van der Waals surface area contributed by atoms with Gasteiger partial charge < -0.3 is 15.8 Å². The molecule has 1 aliphatic rings. The van der Waals surface area contributed by atoms with E-state index in [-0.39, 0.29) is 5.91 Å². The van der Waals surface area contributed by atoms with Crippen LogP contribution in [0.5, 0.6) is 0 Å². The molecular formula is C11H16N2O2S. The number of nitrogens with one attached hydrogen (secondary N) is 1. The van der Waals surface area contributed by atoms with Crippen molar-refractivity contribution in [3.63, 3.8) is 0 Å². The highest BCUT2D eigenvalue weighted by atomic mass is 32.1. The number of nitrogen functional groups attached to an aromatic ring is 1. The molecule has 1 amide bonds. The molecule has 2 heterocycles. The minimum atomic E-state index is -0.0428. The molecule has 0 spiro atoms. The topological polar surface area (TPSA) is 64.4 Å². The number of anilines is 1. The fourth-order valence-electron chi connectivity index (χ4n) is 1.83. The second-order valence-corrected chi connectivity index (χ2v) is 4.94. The summed E-state index contributed by atoms with van der Waals surface area (Å²) in [4.78, 5) is 13.0. The number of hydrogen-bond acceptors (Lipinski definition) is 4. The number of rotatable bonds is 3. The number of ether oxygens (including phenoxy) is 1. The number of amides is 1. The van der Waals surface area contributed by atoms with E-state index >= 15 is 0 Å². The molecule has 0 aromatic carbocycles. The Kier molecular flexibility index (Phi) is 3.46. The predicted octanol–water partition coefficient (Wildman–Crippen LogP) is 1.54. The Morgan fingerprint density at radius 3 is 3.19 bits per heavy atom. The summed E-state index contributed by atoms with van der Waals surface area (Å²) in [5, 5.41) is 3.49. The van der Waals surface area contributed by atoms with Crippen molar-refractivity contribution in [2.45, 2.75) is 26.4 Å². The standard InChI is InChI=1S/C11H16N2O2S/c1-2-4-13-11(14)9-7-3-5-15-6-8(7)16-10(9)12/h2-6,12H2,1H3,(H,13,14). The Morgan fingerprint density at radius 2 is 2.44 bits per heavy atom. The highest BCUT2D eigenvalue weighted by Gasteiger charge is 2.23. The van der Waals surface area contributed by atoms with Crippen LogP contribution in [0.15, 0.2) is 0 Å². The molecule has 1 aromatic heterocycles.